The number of ether oxygens (including phenoxy) is 1. The first kappa shape index (κ1) is 18.8. The van der Waals surface area contributed by atoms with Gasteiger partial charge in [0.05, 0.1) is 12.1 Å². The monoisotopic (exact) mass is 391 g/mol. The smallest absolute Gasteiger partial charge is 0.352 e. The minimum atomic E-state index is -0.383. The predicted molar refractivity (Wildman–Crippen MR) is 109 cm³/mol. The highest BCUT2D eigenvalue weighted by atomic mass is 16.5. The van der Waals surface area contributed by atoms with Gasteiger partial charge in [-0.25, -0.2) is 18.9 Å². The maximum atomic E-state index is 13.1. The van der Waals surface area contributed by atoms with Crippen molar-refractivity contribution in [2.75, 3.05) is 20.3 Å². The number of hydrogen-bond acceptors (Lipinski definition) is 5. The summed E-state index contributed by atoms with van der Waals surface area (Å²) < 4.78 is 7.60. The Morgan fingerprint density at radius 2 is 1.86 bits per heavy atom. The number of fused-ring (bicyclic) bond motifs is 3. The Morgan fingerprint density at radius 1 is 1.10 bits per heavy atom. The maximum absolute atomic E-state index is 13.1. The largest absolute Gasteiger partial charge is 0.383 e. The van der Waals surface area contributed by atoms with E-state index >= 15 is 0 Å². The lowest BCUT2D eigenvalue weighted by atomic mass is 10.1. The van der Waals surface area contributed by atoms with E-state index in [4.69, 9.17) is 9.72 Å². The Labute approximate surface area is 166 Å². The van der Waals surface area contributed by atoms with Crippen LogP contribution >= 0.6 is 0 Å². The fourth-order valence-corrected chi connectivity index (χ4v) is 3.25. The van der Waals surface area contributed by atoms with Crippen molar-refractivity contribution in [1.82, 2.24) is 24.5 Å². The average molecular weight is 391 g/mol. The lowest BCUT2D eigenvalue weighted by Crippen LogP contribution is -2.34. The van der Waals surface area contributed by atoms with Gasteiger partial charge >= 0.3 is 5.69 Å². The molecular weight excluding hydrogens is 370 g/mol. The molecule has 0 atom stereocenters. The number of aromatic nitrogens is 4. The van der Waals surface area contributed by atoms with Crippen LogP contribution in [0.25, 0.3) is 16.6 Å². The van der Waals surface area contributed by atoms with E-state index in [0.717, 1.165) is 16.5 Å². The van der Waals surface area contributed by atoms with Crippen LogP contribution in [0.5, 0.6) is 0 Å². The van der Waals surface area contributed by atoms with Crippen molar-refractivity contribution < 1.29 is 9.53 Å². The predicted octanol–water partition coefficient (Wildman–Crippen LogP) is 1.40. The van der Waals surface area contributed by atoms with Crippen LogP contribution in [0, 0.1) is 0 Å². The van der Waals surface area contributed by atoms with Gasteiger partial charge in [0.25, 0.3) is 0 Å². The number of methoxy groups -OCH3 is 1. The normalized spacial score (nSPS) is 11.2. The molecule has 1 N–H and O–H groups in total. The zero-order chi connectivity index (χ0) is 20.2. The van der Waals surface area contributed by atoms with Crippen LogP contribution in [0.15, 0.2) is 59.4 Å². The molecule has 0 radical (unpaired) electrons. The molecule has 148 valence electrons. The first-order chi connectivity index (χ1) is 14.2. The van der Waals surface area contributed by atoms with Crippen molar-refractivity contribution >= 4 is 22.5 Å². The summed E-state index contributed by atoms with van der Waals surface area (Å²) in [7, 11) is 1.56. The molecule has 2 aromatic carbocycles. The second kappa shape index (κ2) is 8.24. The highest BCUT2D eigenvalue weighted by Gasteiger charge is 2.17. The third-order valence-corrected chi connectivity index (χ3v) is 4.62. The van der Waals surface area contributed by atoms with E-state index in [9.17, 15) is 9.59 Å². The van der Waals surface area contributed by atoms with Gasteiger partial charge in [-0.3, -0.25) is 4.79 Å². The van der Waals surface area contributed by atoms with Gasteiger partial charge < -0.3 is 10.1 Å². The highest BCUT2D eigenvalue weighted by Crippen LogP contribution is 2.18. The van der Waals surface area contributed by atoms with E-state index in [1.54, 1.807) is 7.11 Å². The van der Waals surface area contributed by atoms with E-state index < -0.39 is 0 Å². The number of para-hydroxylation sites is 1. The van der Waals surface area contributed by atoms with Crippen LogP contribution in [0.1, 0.15) is 11.4 Å². The van der Waals surface area contributed by atoms with Crippen molar-refractivity contribution in [2.45, 2.75) is 13.0 Å². The summed E-state index contributed by atoms with van der Waals surface area (Å²) in [4.78, 5) is 29.9. The zero-order valence-electron chi connectivity index (χ0n) is 16.0. The van der Waals surface area contributed by atoms with Crippen LogP contribution in [-0.2, 0) is 22.5 Å². The summed E-state index contributed by atoms with van der Waals surface area (Å²) in [5.74, 6) is 0.287. The number of hydrogen-bond donors (Lipinski definition) is 1. The highest BCUT2D eigenvalue weighted by molar-refractivity contribution is 5.91. The maximum Gasteiger partial charge on any atom is 0.352 e. The Kier molecular flexibility index (Phi) is 5.35. The fourth-order valence-electron chi connectivity index (χ4n) is 3.25. The Balaban J connectivity index is 1.79. The van der Waals surface area contributed by atoms with Crippen molar-refractivity contribution in [3.05, 3.63) is 76.5 Å². The van der Waals surface area contributed by atoms with E-state index in [0.29, 0.717) is 31.0 Å². The minimum Gasteiger partial charge on any atom is -0.383 e. The van der Waals surface area contributed by atoms with Crippen molar-refractivity contribution in [2.24, 2.45) is 0 Å². The lowest BCUT2D eigenvalue weighted by molar-refractivity contribution is -0.122. The number of carbonyl (C=O) groups excluding carboxylic acids is 1. The fraction of sp³-hybridized carbons (Fsp3) is 0.238. The quantitative estimate of drug-likeness (QED) is 0.481. The second-order valence-electron chi connectivity index (χ2n) is 6.65. The molecule has 1 amide bonds. The van der Waals surface area contributed by atoms with E-state index in [1.165, 1.54) is 9.08 Å². The molecule has 8 heteroatoms. The summed E-state index contributed by atoms with van der Waals surface area (Å²) in [5, 5.41) is 7.92. The molecule has 0 unspecified atom stereocenters. The molecule has 2 heterocycles. The van der Waals surface area contributed by atoms with Crippen molar-refractivity contribution in [1.29, 1.82) is 0 Å². The number of benzene rings is 2. The summed E-state index contributed by atoms with van der Waals surface area (Å²) in [6, 6.07) is 17.4. The first-order valence-corrected chi connectivity index (χ1v) is 9.34. The molecule has 0 spiro atoms. The SMILES string of the molecule is COCCNC(=O)Cn1nc2c3ccccc3nc(Cc3ccccc3)n2c1=O. The second-order valence-corrected chi connectivity index (χ2v) is 6.65. The van der Waals surface area contributed by atoms with Gasteiger partial charge in [0.2, 0.25) is 5.91 Å². The van der Waals surface area contributed by atoms with Gasteiger partial charge in [0.15, 0.2) is 5.65 Å². The Morgan fingerprint density at radius 3 is 2.66 bits per heavy atom. The number of nitrogens with zero attached hydrogens (tertiary/aromatic N) is 4. The van der Waals surface area contributed by atoms with Crippen molar-refractivity contribution in [3.63, 3.8) is 0 Å². The molecule has 2 aromatic heterocycles. The third-order valence-electron chi connectivity index (χ3n) is 4.62. The van der Waals surface area contributed by atoms with E-state index in [-0.39, 0.29) is 18.1 Å². The summed E-state index contributed by atoms with van der Waals surface area (Å²) in [6.07, 6.45) is 0.480. The van der Waals surface area contributed by atoms with E-state index in [1.807, 2.05) is 54.6 Å². The number of nitrogens with one attached hydrogen (secondary N) is 1. The molecule has 0 fully saturated rings. The molecule has 0 aliphatic rings. The first-order valence-electron chi connectivity index (χ1n) is 9.34. The molecule has 29 heavy (non-hydrogen) atoms. The standard InChI is InChI=1S/C21H21N5O3/c1-29-12-11-22-19(27)14-25-21(28)26-18(13-15-7-3-2-4-8-15)23-17-10-6-5-9-16(17)20(26)24-25/h2-10H,11-14H2,1H3,(H,22,27). The van der Waals surface area contributed by atoms with Gasteiger partial charge in [0.1, 0.15) is 12.4 Å². The number of rotatable bonds is 7. The summed E-state index contributed by atoms with van der Waals surface area (Å²) in [5.41, 5.74) is 1.91. The van der Waals surface area contributed by atoms with Gasteiger partial charge in [-0.15, -0.1) is 5.10 Å². The third kappa shape index (κ3) is 3.88. The van der Waals surface area contributed by atoms with Gasteiger partial charge in [-0.05, 0) is 17.7 Å². The summed E-state index contributed by atoms with van der Waals surface area (Å²) >= 11 is 0. The molecule has 4 rings (SSSR count). The van der Waals surface area contributed by atoms with Crippen LogP contribution < -0.4 is 11.0 Å². The average Bonchev–Trinajstić information content (AvgIpc) is 3.06. The van der Waals surface area contributed by atoms with Gasteiger partial charge in [-0.2, -0.15) is 0 Å². The summed E-state index contributed by atoms with van der Waals surface area (Å²) in [6.45, 7) is 0.617. The topological polar surface area (TPSA) is 90.5 Å². The molecule has 4 aromatic rings. The number of amides is 1. The lowest BCUT2D eigenvalue weighted by Gasteiger charge is -2.06. The molecule has 0 saturated carbocycles. The molecule has 0 bridgehead atoms. The molecule has 0 saturated heterocycles. The van der Waals surface area contributed by atoms with Gasteiger partial charge in [-0.1, -0.05) is 42.5 Å². The minimum absolute atomic E-state index is 0.163. The van der Waals surface area contributed by atoms with Crippen LogP contribution in [0.2, 0.25) is 0 Å². The van der Waals surface area contributed by atoms with Gasteiger partial charge in [0, 0.05) is 25.5 Å². The van der Waals surface area contributed by atoms with Crippen LogP contribution in [-0.4, -0.2) is 45.3 Å². The number of carbonyl (C=O) groups is 1. The zero-order valence-corrected chi connectivity index (χ0v) is 16.0. The molecule has 8 nitrogen and oxygen atoms in total. The Bertz CT molecular complexity index is 1210. The van der Waals surface area contributed by atoms with Crippen LogP contribution in [0.3, 0.4) is 0 Å². The molecule has 0 aliphatic heterocycles. The van der Waals surface area contributed by atoms with Crippen LogP contribution in [0.4, 0.5) is 0 Å². The van der Waals surface area contributed by atoms with Crippen molar-refractivity contribution in [3.8, 4) is 0 Å². The van der Waals surface area contributed by atoms with E-state index in [2.05, 4.69) is 10.4 Å². The molecule has 0 aliphatic carbocycles. The Hall–Kier alpha value is -3.52. The molecular formula is C21H21N5O3.